The van der Waals surface area contributed by atoms with Crippen LogP contribution < -0.4 is 0 Å². The molecule has 0 aromatic carbocycles. The third-order valence-electron chi connectivity index (χ3n) is 2.40. The van der Waals surface area contributed by atoms with E-state index < -0.39 is 0 Å². The molecule has 68 valence electrons. The summed E-state index contributed by atoms with van der Waals surface area (Å²) in [6, 6.07) is 0. The predicted octanol–water partition coefficient (Wildman–Crippen LogP) is 1.82. The summed E-state index contributed by atoms with van der Waals surface area (Å²) in [7, 11) is 0. The van der Waals surface area contributed by atoms with Crippen LogP contribution in [0, 0.1) is 5.92 Å². The van der Waals surface area contributed by atoms with E-state index >= 15 is 0 Å². The van der Waals surface area contributed by atoms with Crippen molar-refractivity contribution < 1.29 is 4.79 Å². The third kappa shape index (κ3) is 2.36. The number of likely N-dealkylation sites (tertiary alicyclic amines) is 1. The highest BCUT2D eigenvalue weighted by molar-refractivity contribution is 5.87. The molecule has 0 aromatic heterocycles. The number of nitrogens with zero attached hydrogens (tertiary/aromatic N) is 1. The summed E-state index contributed by atoms with van der Waals surface area (Å²) in [4.78, 5) is 13.3. The highest BCUT2D eigenvalue weighted by atomic mass is 16.2. The van der Waals surface area contributed by atoms with Gasteiger partial charge in [-0.3, -0.25) is 4.79 Å². The maximum Gasteiger partial charge on any atom is 0.246 e. The van der Waals surface area contributed by atoms with E-state index in [1.54, 1.807) is 12.2 Å². The molecule has 2 nitrogen and oxygen atoms in total. The number of amides is 1. The average molecular weight is 167 g/mol. The Balaban J connectivity index is 2.39. The van der Waals surface area contributed by atoms with Crippen molar-refractivity contribution in [2.75, 3.05) is 13.1 Å². The first-order chi connectivity index (χ1) is 5.74. The van der Waals surface area contributed by atoms with E-state index in [0.29, 0.717) is 0 Å². The molecule has 0 unspecified atom stereocenters. The molecule has 1 saturated heterocycles. The second-order valence-electron chi connectivity index (χ2n) is 3.51. The zero-order chi connectivity index (χ0) is 8.97. The summed E-state index contributed by atoms with van der Waals surface area (Å²) < 4.78 is 0. The van der Waals surface area contributed by atoms with Crippen molar-refractivity contribution >= 4 is 5.91 Å². The Hall–Kier alpha value is -0.790. The zero-order valence-corrected chi connectivity index (χ0v) is 7.92. The number of hydrogen-bond donors (Lipinski definition) is 0. The van der Waals surface area contributed by atoms with Crippen molar-refractivity contribution in [1.82, 2.24) is 4.90 Å². The van der Waals surface area contributed by atoms with E-state index in [-0.39, 0.29) is 5.91 Å². The average Bonchev–Trinajstić information content (AvgIpc) is 2.06. The van der Waals surface area contributed by atoms with Crippen molar-refractivity contribution in [1.29, 1.82) is 0 Å². The molecule has 1 amide bonds. The molecule has 0 N–H and O–H groups in total. The van der Waals surface area contributed by atoms with Crippen molar-refractivity contribution in [2.24, 2.45) is 5.92 Å². The summed E-state index contributed by atoms with van der Waals surface area (Å²) in [5.74, 6) is 0.962. The van der Waals surface area contributed by atoms with E-state index in [0.717, 1.165) is 31.8 Å². The van der Waals surface area contributed by atoms with E-state index in [1.807, 2.05) is 11.8 Å². The molecule has 1 fully saturated rings. The molecular weight excluding hydrogens is 150 g/mol. The lowest BCUT2D eigenvalue weighted by Crippen LogP contribution is -2.36. The van der Waals surface area contributed by atoms with E-state index in [1.165, 1.54) is 0 Å². The molecule has 0 aromatic rings. The smallest absolute Gasteiger partial charge is 0.246 e. The number of carbonyl (C=O) groups is 1. The monoisotopic (exact) mass is 167 g/mol. The predicted molar refractivity (Wildman–Crippen MR) is 49.8 cm³/mol. The molecule has 1 aliphatic rings. The second-order valence-corrected chi connectivity index (χ2v) is 3.51. The molecule has 0 bridgehead atoms. The Morgan fingerprint density at radius 3 is 2.50 bits per heavy atom. The van der Waals surface area contributed by atoms with Crippen LogP contribution in [-0.2, 0) is 4.79 Å². The minimum atomic E-state index is 0.171. The fourth-order valence-electron chi connectivity index (χ4n) is 1.48. The SMILES string of the molecule is C/C=C/C(=O)N1CCC(C)CC1. The van der Waals surface area contributed by atoms with Crippen LogP contribution in [0.15, 0.2) is 12.2 Å². The third-order valence-corrected chi connectivity index (χ3v) is 2.40. The second kappa shape index (κ2) is 4.29. The fourth-order valence-corrected chi connectivity index (χ4v) is 1.48. The van der Waals surface area contributed by atoms with Crippen LogP contribution in [-0.4, -0.2) is 23.9 Å². The first kappa shape index (κ1) is 9.30. The van der Waals surface area contributed by atoms with E-state index in [2.05, 4.69) is 6.92 Å². The molecule has 0 radical (unpaired) electrons. The lowest BCUT2D eigenvalue weighted by Gasteiger charge is -2.29. The highest BCUT2D eigenvalue weighted by Crippen LogP contribution is 2.15. The lowest BCUT2D eigenvalue weighted by atomic mass is 9.99. The van der Waals surface area contributed by atoms with Gasteiger partial charge in [-0.05, 0) is 31.8 Å². The standard InChI is InChI=1S/C10H17NO/c1-3-4-10(12)11-7-5-9(2)6-8-11/h3-4,9H,5-8H2,1-2H3/b4-3+. The highest BCUT2D eigenvalue weighted by Gasteiger charge is 2.17. The zero-order valence-electron chi connectivity index (χ0n) is 7.92. The summed E-state index contributed by atoms with van der Waals surface area (Å²) in [5.41, 5.74) is 0. The maximum absolute atomic E-state index is 11.3. The van der Waals surface area contributed by atoms with E-state index in [9.17, 15) is 4.79 Å². The lowest BCUT2D eigenvalue weighted by molar-refractivity contribution is -0.127. The van der Waals surface area contributed by atoms with Crippen LogP contribution in [0.1, 0.15) is 26.7 Å². The number of carbonyl (C=O) groups excluding carboxylic acids is 1. The minimum Gasteiger partial charge on any atom is -0.339 e. The minimum absolute atomic E-state index is 0.171. The Morgan fingerprint density at radius 2 is 2.00 bits per heavy atom. The van der Waals surface area contributed by atoms with E-state index in [4.69, 9.17) is 0 Å². The number of hydrogen-bond acceptors (Lipinski definition) is 1. The molecular formula is C10H17NO. The molecule has 1 aliphatic heterocycles. The topological polar surface area (TPSA) is 20.3 Å². The van der Waals surface area contributed by atoms with Gasteiger partial charge in [-0.15, -0.1) is 0 Å². The van der Waals surface area contributed by atoms with Gasteiger partial charge in [0.05, 0.1) is 0 Å². The Labute approximate surface area is 74.2 Å². The molecule has 0 atom stereocenters. The van der Waals surface area contributed by atoms with Gasteiger partial charge < -0.3 is 4.90 Å². The van der Waals surface area contributed by atoms with Crippen LogP contribution in [0.5, 0.6) is 0 Å². The molecule has 0 aliphatic carbocycles. The van der Waals surface area contributed by atoms with Gasteiger partial charge >= 0.3 is 0 Å². The van der Waals surface area contributed by atoms with Gasteiger partial charge in [-0.25, -0.2) is 0 Å². The van der Waals surface area contributed by atoms with Crippen LogP contribution in [0.2, 0.25) is 0 Å². The Morgan fingerprint density at radius 1 is 1.42 bits per heavy atom. The van der Waals surface area contributed by atoms with Crippen molar-refractivity contribution in [3.05, 3.63) is 12.2 Å². The molecule has 0 saturated carbocycles. The number of piperidine rings is 1. The van der Waals surface area contributed by atoms with Crippen LogP contribution >= 0.6 is 0 Å². The van der Waals surface area contributed by atoms with Gasteiger partial charge in [0, 0.05) is 13.1 Å². The van der Waals surface area contributed by atoms with Crippen molar-refractivity contribution in [3.63, 3.8) is 0 Å². The largest absolute Gasteiger partial charge is 0.339 e. The Bertz CT molecular complexity index is 178. The summed E-state index contributed by atoms with van der Waals surface area (Å²) in [5, 5.41) is 0. The van der Waals surface area contributed by atoms with Crippen molar-refractivity contribution in [3.8, 4) is 0 Å². The summed E-state index contributed by atoms with van der Waals surface area (Å²) in [6.07, 6.45) is 5.77. The quantitative estimate of drug-likeness (QED) is 0.545. The van der Waals surface area contributed by atoms with Crippen molar-refractivity contribution in [2.45, 2.75) is 26.7 Å². The van der Waals surface area contributed by atoms with Gasteiger partial charge in [0.1, 0.15) is 0 Å². The molecule has 2 heteroatoms. The summed E-state index contributed by atoms with van der Waals surface area (Å²) >= 11 is 0. The van der Waals surface area contributed by atoms with Gasteiger partial charge in [0.15, 0.2) is 0 Å². The van der Waals surface area contributed by atoms with Gasteiger partial charge in [0.2, 0.25) is 5.91 Å². The molecule has 1 heterocycles. The van der Waals surface area contributed by atoms with Gasteiger partial charge in [-0.1, -0.05) is 13.0 Å². The van der Waals surface area contributed by atoms with Crippen LogP contribution in [0.4, 0.5) is 0 Å². The maximum atomic E-state index is 11.3. The first-order valence-electron chi connectivity index (χ1n) is 4.65. The summed E-state index contributed by atoms with van der Waals surface area (Å²) in [6.45, 7) is 6.00. The first-order valence-corrected chi connectivity index (χ1v) is 4.65. The van der Waals surface area contributed by atoms with Gasteiger partial charge in [-0.2, -0.15) is 0 Å². The molecule has 0 spiro atoms. The normalized spacial score (nSPS) is 20.3. The fraction of sp³-hybridized carbons (Fsp3) is 0.700. The Kier molecular flexibility index (Phi) is 3.32. The number of allylic oxidation sites excluding steroid dienone is 1. The number of rotatable bonds is 1. The molecule has 1 rings (SSSR count). The molecule has 12 heavy (non-hydrogen) atoms. The van der Waals surface area contributed by atoms with Crippen LogP contribution in [0.3, 0.4) is 0 Å². The van der Waals surface area contributed by atoms with Crippen LogP contribution in [0.25, 0.3) is 0 Å². The van der Waals surface area contributed by atoms with Gasteiger partial charge in [0.25, 0.3) is 0 Å².